The van der Waals surface area contributed by atoms with Gasteiger partial charge in [-0.3, -0.25) is 9.78 Å². The van der Waals surface area contributed by atoms with E-state index in [2.05, 4.69) is 30.6 Å². The fourth-order valence-electron chi connectivity index (χ4n) is 2.71. The third kappa shape index (κ3) is 3.53. The van der Waals surface area contributed by atoms with Crippen LogP contribution in [0.1, 0.15) is 34.5 Å². The Labute approximate surface area is 150 Å². The maximum atomic E-state index is 12.4. The quantitative estimate of drug-likeness (QED) is 0.643. The standard InChI is InChI=1S/C18H19N7O/c1-10-4-15(19)25-13-5-11(7-20-17(10)13)8-21-18(26)14-6-16(23-9-22-14)24-12-2-3-12/h4-7,9,12H,2-3,8H2,1H3,(H2,19,25)(H,21,26)(H,22,23,24). The van der Waals surface area contributed by atoms with Crippen molar-refractivity contribution in [3.8, 4) is 0 Å². The number of hydrogen-bond acceptors (Lipinski definition) is 7. The Kier molecular flexibility index (Phi) is 4.08. The third-order valence-corrected chi connectivity index (χ3v) is 4.19. The number of aromatic nitrogens is 4. The van der Waals surface area contributed by atoms with Crippen molar-refractivity contribution in [1.82, 2.24) is 25.3 Å². The number of fused-ring (bicyclic) bond motifs is 1. The summed E-state index contributed by atoms with van der Waals surface area (Å²) in [6, 6.07) is 5.80. The predicted molar refractivity (Wildman–Crippen MR) is 98.5 cm³/mol. The van der Waals surface area contributed by atoms with Crippen molar-refractivity contribution in [2.45, 2.75) is 32.4 Å². The van der Waals surface area contributed by atoms with Gasteiger partial charge >= 0.3 is 0 Å². The number of nitrogen functional groups attached to an aromatic ring is 1. The Morgan fingerprint density at radius 1 is 1.23 bits per heavy atom. The van der Waals surface area contributed by atoms with Gasteiger partial charge in [-0.15, -0.1) is 0 Å². The lowest BCUT2D eigenvalue weighted by Crippen LogP contribution is -2.24. The van der Waals surface area contributed by atoms with Gasteiger partial charge in [0.1, 0.15) is 23.7 Å². The van der Waals surface area contributed by atoms with E-state index in [0.29, 0.717) is 35.4 Å². The van der Waals surface area contributed by atoms with Gasteiger partial charge in [-0.25, -0.2) is 15.0 Å². The second kappa shape index (κ2) is 6.55. The SMILES string of the molecule is Cc1cc(N)nc2cc(CNC(=O)c3cc(NC4CC4)ncn3)cnc12. The van der Waals surface area contributed by atoms with Crippen molar-refractivity contribution in [3.63, 3.8) is 0 Å². The molecule has 8 nitrogen and oxygen atoms in total. The zero-order valence-electron chi connectivity index (χ0n) is 14.4. The van der Waals surface area contributed by atoms with Crippen molar-refractivity contribution in [3.05, 3.63) is 47.5 Å². The Morgan fingerprint density at radius 3 is 2.88 bits per heavy atom. The average molecular weight is 349 g/mol. The van der Waals surface area contributed by atoms with Crippen LogP contribution in [0.15, 0.2) is 30.7 Å². The molecule has 0 saturated heterocycles. The first kappa shape index (κ1) is 16.2. The second-order valence-electron chi connectivity index (χ2n) is 6.47. The minimum Gasteiger partial charge on any atom is -0.384 e. The number of pyridine rings is 2. The predicted octanol–water partition coefficient (Wildman–Crippen LogP) is 1.81. The third-order valence-electron chi connectivity index (χ3n) is 4.19. The molecule has 1 fully saturated rings. The molecule has 1 aliphatic rings. The van der Waals surface area contributed by atoms with Gasteiger partial charge in [-0.1, -0.05) is 0 Å². The van der Waals surface area contributed by atoms with Gasteiger partial charge in [0.05, 0.1) is 11.0 Å². The van der Waals surface area contributed by atoms with Crippen LogP contribution in [0.3, 0.4) is 0 Å². The summed E-state index contributed by atoms with van der Waals surface area (Å²) in [5.41, 5.74) is 9.46. The summed E-state index contributed by atoms with van der Waals surface area (Å²) in [6.07, 6.45) is 5.40. The van der Waals surface area contributed by atoms with Gasteiger partial charge < -0.3 is 16.4 Å². The largest absolute Gasteiger partial charge is 0.384 e. The summed E-state index contributed by atoms with van der Waals surface area (Å²) in [5.74, 6) is 0.868. The van der Waals surface area contributed by atoms with E-state index in [0.717, 1.165) is 29.5 Å². The monoisotopic (exact) mass is 349 g/mol. The summed E-state index contributed by atoms with van der Waals surface area (Å²) < 4.78 is 0. The molecule has 0 bridgehead atoms. The zero-order valence-corrected chi connectivity index (χ0v) is 14.4. The highest BCUT2D eigenvalue weighted by atomic mass is 16.1. The molecule has 3 heterocycles. The van der Waals surface area contributed by atoms with Gasteiger partial charge in [0, 0.05) is 24.8 Å². The summed E-state index contributed by atoms with van der Waals surface area (Å²) in [6.45, 7) is 2.27. The summed E-state index contributed by atoms with van der Waals surface area (Å²) in [4.78, 5) is 29.3. The van der Waals surface area contributed by atoms with E-state index in [-0.39, 0.29) is 5.91 Å². The molecular formula is C18H19N7O. The maximum absolute atomic E-state index is 12.4. The molecule has 0 atom stereocenters. The molecule has 1 saturated carbocycles. The van der Waals surface area contributed by atoms with Crippen LogP contribution in [0.25, 0.3) is 11.0 Å². The number of hydrogen-bond donors (Lipinski definition) is 3. The first-order valence-corrected chi connectivity index (χ1v) is 8.47. The number of aryl methyl sites for hydroxylation is 1. The summed E-state index contributed by atoms with van der Waals surface area (Å²) >= 11 is 0. The van der Waals surface area contributed by atoms with Crippen LogP contribution in [-0.4, -0.2) is 31.9 Å². The molecule has 8 heteroatoms. The number of rotatable bonds is 5. The Balaban J connectivity index is 1.46. The van der Waals surface area contributed by atoms with Gasteiger partial charge in [-0.2, -0.15) is 0 Å². The fraction of sp³-hybridized carbons (Fsp3) is 0.278. The molecule has 0 aromatic carbocycles. The highest BCUT2D eigenvalue weighted by Crippen LogP contribution is 2.23. The minimum absolute atomic E-state index is 0.261. The molecule has 0 aliphatic heterocycles. The minimum atomic E-state index is -0.261. The molecule has 26 heavy (non-hydrogen) atoms. The molecule has 0 radical (unpaired) electrons. The molecule has 1 amide bonds. The van der Waals surface area contributed by atoms with E-state index < -0.39 is 0 Å². The molecule has 0 spiro atoms. The number of carbonyl (C=O) groups excluding carboxylic acids is 1. The molecule has 132 valence electrons. The van der Waals surface area contributed by atoms with Crippen molar-refractivity contribution in [2.75, 3.05) is 11.1 Å². The number of amides is 1. The Morgan fingerprint density at radius 2 is 2.08 bits per heavy atom. The van der Waals surface area contributed by atoms with Crippen LogP contribution in [0.2, 0.25) is 0 Å². The van der Waals surface area contributed by atoms with E-state index in [4.69, 9.17) is 5.73 Å². The Hall–Kier alpha value is -3.29. The molecular weight excluding hydrogens is 330 g/mol. The van der Waals surface area contributed by atoms with Crippen molar-refractivity contribution in [2.24, 2.45) is 0 Å². The number of nitrogens with one attached hydrogen (secondary N) is 2. The van der Waals surface area contributed by atoms with Crippen LogP contribution in [0.4, 0.5) is 11.6 Å². The lowest BCUT2D eigenvalue weighted by Gasteiger charge is -2.08. The lowest BCUT2D eigenvalue weighted by atomic mass is 10.1. The van der Waals surface area contributed by atoms with Crippen molar-refractivity contribution < 1.29 is 4.79 Å². The molecule has 0 unspecified atom stereocenters. The van der Waals surface area contributed by atoms with Gasteiger partial charge in [0.25, 0.3) is 5.91 Å². The molecule has 3 aromatic heterocycles. The smallest absolute Gasteiger partial charge is 0.270 e. The van der Waals surface area contributed by atoms with Gasteiger partial charge in [0.2, 0.25) is 0 Å². The lowest BCUT2D eigenvalue weighted by molar-refractivity contribution is 0.0945. The van der Waals surface area contributed by atoms with E-state index in [1.807, 2.05) is 13.0 Å². The highest BCUT2D eigenvalue weighted by Gasteiger charge is 2.21. The maximum Gasteiger partial charge on any atom is 0.270 e. The van der Waals surface area contributed by atoms with Crippen LogP contribution in [0.5, 0.6) is 0 Å². The van der Waals surface area contributed by atoms with E-state index in [1.54, 1.807) is 18.3 Å². The van der Waals surface area contributed by atoms with E-state index in [9.17, 15) is 4.79 Å². The van der Waals surface area contributed by atoms with E-state index in [1.165, 1.54) is 6.33 Å². The first-order chi connectivity index (χ1) is 12.6. The van der Waals surface area contributed by atoms with Crippen molar-refractivity contribution >= 4 is 28.6 Å². The number of nitrogens with two attached hydrogens (primary N) is 1. The van der Waals surface area contributed by atoms with Gasteiger partial charge in [0.15, 0.2) is 0 Å². The van der Waals surface area contributed by atoms with Crippen LogP contribution in [-0.2, 0) is 6.54 Å². The normalized spacial score (nSPS) is 13.6. The molecule has 4 rings (SSSR count). The van der Waals surface area contributed by atoms with Crippen molar-refractivity contribution in [1.29, 1.82) is 0 Å². The summed E-state index contributed by atoms with van der Waals surface area (Å²) in [7, 11) is 0. The Bertz CT molecular complexity index is 984. The average Bonchev–Trinajstić information content (AvgIpc) is 3.43. The number of carbonyl (C=O) groups is 1. The molecule has 3 aromatic rings. The molecule has 1 aliphatic carbocycles. The van der Waals surface area contributed by atoms with Crippen LogP contribution in [0, 0.1) is 6.92 Å². The number of nitrogens with zero attached hydrogens (tertiary/aromatic N) is 4. The summed E-state index contributed by atoms with van der Waals surface area (Å²) in [5, 5.41) is 6.10. The second-order valence-corrected chi connectivity index (χ2v) is 6.47. The zero-order chi connectivity index (χ0) is 18.1. The van der Waals surface area contributed by atoms with E-state index >= 15 is 0 Å². The topological polar surface area (TPSA) is 119 Å². The molecule has 4 N–H and O–H groups in total. The highest BCUT2D eigenvalue weighted by molar-refractivity contribution is 5.92. The fourth-order valence-corrected chi connectivity index (χ4v) is 2.71. The van der Waals surface area contributed by atoms with Crippen LogP contribution < -0.4 is 16.4 Å². The first-order valence-electron chi connectivity index (χ1n) is 8.47. The van der Waals surface area contributed by atoms with Crippen LogP contribution >= 0.6 is 0 Å². The van der Waals surface area contributed by atoms with Gasteiger partial charge in [-0.05, 0) is 43.0 Å². The number of anilines is 2.